The van der Waals surface area contributed by atoms with E-state index in [0.29, 0.717) is 11.6 Å². The molecule has 0 aromatic carbocycles. The average Bonchev–Trinajstić information content (AvgIpc) is 3.11. The minimum absolute atomic E-state index is 0.0703. The topological polar surface area (TPSA) is 95.6 Å². The van der Waals surface area contributed by atoms with Crippen LogP contribution in [0.4, 0.5) is 0 Å². The molecule has 1 heterocycles. The van der Waals surface area contributed by atoms with Crippen LogP contribution in [0.15, 0.2) is 0 Å². The lowest BCUT2D eigenvalue weighted by Gasteiger charge is -2.25. The van der Waals surface area contributed by atoms with Crippen molar-refractivity contribution in [1.29, 1.82) is 0 Å². The summed E-state index contributed by atoms with van der Waals surface area (Å²) in [5.41, 5.74) is 0. The number of nitrogens with zero attached hydrogens (tertiary/aromatic N) is 1. The predicted octanol–water partition coefficient (Wildman–Crippen LogP) is -0.256. The highest BCUT2D eigenvalue weighted by Gasteiger charge is 2.38. The van der Waals surface area contributed by atoms with Gasteiger partial charge in [0.1, 0.15) is 6.04 Å². The zero-order valence-corrected chi connectivity index (χ0v) is 14.3. The van der Waals surface area contributed by atoms with E-state index in [-0.39, 0.29) is 30.8 Å². The van der Waals surface area contributed by atoms with Crippen LogP contribution in [0.2, 0.25) is 0 Å². The summed E-state index contributed by atoms with van der Waals surface area (Å²) in [7, 11) is -3.25. The third-order valence-corrected chi connectivity index (χ3v) is 5.70. The number of carbonyl (C=O) groups excluding carboxylic acids is 2. The molecule has 0 radical (unpaired) electrons. The van der Waals surface area contributed by atoms with Gasteiger partial charge in [0, 0.05) is 24.8 Å². The number of amides is 2. The molecule has 1 saturated heterocycles. The highest BCUT2D eigenvalue weighted by molar-refractivity contribution is 7.99. The summed E-state index contributed by atoms with van der Waals surface area (Å²) in [6.07, 6.45) is 5.10. The summed E-state index contributed by atoms with van der Waals surface area (Å²) in [5, 5.41) is 2.70. The summed E-state index contributed by atoms with van der Waals surface area (Å²) in [6, 6.07) is -0.434. The third kappa shape index (κ3) is 4.85. The minimum atomic E-state index is -3.25. The molecule has 2 amide bonds. The van der Waals surface area contributed by atoms with Gasteiger partial charge in [0.25, 0.3) is 0 Å². The van der Waals surface area contributed by atoms with Crippen molar-refractivity contribution in [1.82, 2.24) is 14.9 Å². The molecule has 2 aliphatic rings. The van der Waals surface area contributed by atoms with Crippen molar-refractivity contribution < 1.29 is 18.0 Å². The van der Waals surface area contributed by atoms with E-state index in [2.05, 4.69) is 10.0 Å². The van der Waals surface area contributed by atoms with E-state index in [4.69, 9.17) is 0 Å². The number of rotatable bonds is 6. The van der Waals surface area contributed by atoms with Gasteiger partial charge in [-0.1, -0.05) is 12.8 Å². The molecule has 7 nitrogen and oxygen atoms in total. The van der Waals surface area contributed by atoms with Gasteiger partial charge in [-0.05, 0) is 12.8 Å². The minimum Gasteiger partial charge on any atom is -0.353 e. The quantitative estimate of drug-likeness (QED) is 0.645. The van der Waals surface area contributed by atoms with Gasteiger partial charge in [-0.25, -0.2) is 13.1 Å². The maximum Gasteiger partial charge on any atom is 0.243 e. The maximum atomic E-state index is 12.5. The maximum absolute atomic E-state index is 12.5. The Morgan fingerprint density at radius 2 is 1.91 bits per heavy atom. The van der Waals surface area contributed by atoms with E-state index in [1.54, 1.807) is 16.7 Å². The van der Waals surface area contributed by atoms with E-state index in [1.165, 1.54) is 0 Å². The second kappa shape index (κ2) is 7.65. The van der Waals surface area contributed by atoms with Crippen molar-refractivity contribution in [2.75, 3.05) is 31.0 Å². The fourth-order valence-corrected chi connectivity index (χ4v) is 4.46. The first-order valence-corrected chi connectivity index (χ1v) is 10.5. The molecule has 0 aromatic heterocycles. The summed E-state index contributed by atoms with van der Waals surface area (Å²) < 4.78 is 24.2. The van der Waals surface area contributed by atoms with E-state index >= 15 is 0 Å². The first-order chi connectivity index (χ1) is 10.4. The van der Waals surface area contributed by atoms with Crippen molar-refractivity contribution in [3.63, 3.8) is 0 Å². The smallest absolute Gasteiger partial charge is 0.243 e. The van der Waals surface area contributed by atoms with Crippen molar-refractivity contribution in [2.24, 2.45) is 5.92 Å². The standard InChI is InChI=1S/C13H23N3O4S2/c1-22(19,20)15-7-6-14-12(17)11-8-21-9-16(11)13(18)10-4-2-3-5-10/h10-11,15H,2-9H2,1H3,(H,14,17)/t11-/m0/s1. The van der Waals surface area contributed by atoms with Crippen molar-refractivity contribution in [3.05, 3.63) is 0 Å². The van der Waals surface area contributed by atoms with Crippen LogP contribution in [-0.2, 0) is 19.6 Å². The highest BCUT2D eigenvalue weighted by atomic mass is 32.2. The van der Waals surface area contributed by atoms with Crippen LogP contribution in [0.25, 0.3) is 0 Å². The van der Waals surface area contributed by atoms with Gasteiger partial charge in [0.15, 0.2) is 0 Å². The number of carbonyl (C=O) groups is 2. The summed E-state index contributed by atoms with van der Waals surface area (Å²) in [5.74, 6) is 1.13. The van der Waals surface area contributed by atoms with E-state index in [9.17, 15) is 18.0 Å². The Balaban J connectivity index is 1.81. The van der Waals surface area contributed by atoms with Crippen LogP contribution in [0.3, 0.4) is 0 Å². The lowest BCUT2D eigenvalue weighted by Crippen LogP contribution is -2.49. The van der Waals surface area contributed by atoms with Crippen molar-refractivity contribution >= 4 is 33.6 Å². The predicted molar refractivity (Wildman–Crippen MR) is 85.8 cm³/mol. The second-order valence-electron chi connectivity index (χ2n) is 5.76. The van der Waals surface area contributed by atoms with Gasteiger partial charge < -0.3 is 10.2 Å². The summed E-state index contributed by atoms with van der Waals surface area (Å²) in [6.45, 7) is 0.375. The Hall–Kier alpha value is -0.800. The molecule has 1 aliphatic carbocycles. The molecule has 1 atom stereocenters. The van der Waals surface area contributed by atoms with E-state index < -0.39 is 16.1 Å². The molecule has 2 N–H and O–H groups in total. The molecule has 9 heteroatoms. The lowest BCUT2D eigenvalue weighted by atomic mass is 10.1. The molecule has 2 rings (SSSR count). The van der Waals surface area contributed by atoms with Crippen LogP contribution in [0.5, 0.6) is 0 Å². The molecule has 0 unspecified atom stereocenters. The van der Waals surface area contributed by atoms with Crippen molar-refractivity contribution in [3.8, 4) is 0 Å². The number of nitrogens with one attached hydrogen (secondary N) is 2. The Morgan fingerprint density at radius 3 is 2.55 bits per heavy atom. The van der Waals surface area contributed by atoms with Crippen LogP contribution in [-0.4, -0.2) is 62.1 Å². The lowest BCUT2D eigenvalue weighted by molar-refractivity contribution is -0.141. The Kier molecular flexibility index (Phi) is 6.10. The van der Waals surface area contributed by atoms with Gasteiger partial charge in [0.2, 0.25) is 21.8 Å². The largest absolute Gasteiger partial charge is 0.353 e. The Morgan fingerprint density at radius 1 is 1.23 bits per heavy atom. The first kappa shape index (κ1) is 17.6. The molecule has 1 aliphatic heterocycles. The van der Waals surface area contributed by atoms with Crippen LogP contribution in [0, 0.1) is 5.92 Å². The van der Waals surface area contributed by atoms with Crippen LogP contribution >= 0.6 is 11.8 Å². The molecule has 0 aromatic rings. The molecule has 2 fully saturated rings. The molecule has 126 valence electrons. The number of hydrogen-bond acceptors (Lipinski definition) is 5. The van der Waals surface area contributed by atoms with Crippen molar-refractivity contribution in [2.45, 2.75) is 31.7 Å². The monoisotopic (exact) mass is 349 g/mol. The second-order valence-corrected chi connectivity index (χ2v) is 8.60. The third-order valence-electron chi connectivity index (χ3n) is 3.96. The zero-order chi connectivity index (χ0) is 16.2. The van der Waals surface area contributed by atoms with Gasteiger partial charge in [-0.15, -0.1) is 11.8 Å². The zero-order valence-electron chi connectivity index (χ0n) is 12.7. The SMILES string of the molecule is CS(=O)(=O)NCCNC(=O)[C@@H]1CSCN1C(=O)C1CCCC1. The summed E-state index contributed by atoms with van der Waals surface area (Å²) >= 11 is 1.58. The fourth-order valence-electron chi connectivity index (χ4n) is 2.82. The highest BCUT2D eigenvalue weighted by Crippen LogP contribution is 2.30. The normalized spacial score (nSPS) is 23.0. The summed E-state index contributed by atoms with van der Waals surface area (Å²) in [4.78, 5) is 26.3. The molecular weight excluding hydrogens is 326 g/mol. The Labute approximate surface area is 135 Å². The Bertz CT molecular complexity index is 517. The van der Waals surface area contributed by atoms with Crippen LogP contribution < -0.4 is 10.0 Å². The fraction of sp³-hybridized carbons (Fsp3) is 0.846. The van der Waals surface area contributed by atoms with E-state index in [0.717, 1.165) is 31.9 Å². The number of hydrogen-bond donors (Lipinski definition) is 2. The number of sulfonamides is 1. The first-order valence-electron chi connectivity index (χ1n) is 7.49. The molecule has 1 saturated carbocycles. The van der Waals surface area contributed by atoms with Crippen LogP contribution in [0.1, 0.15) is 25.7 Å². The number of thioether (sulfide) groups is 1. The van der Waals surface area contributed by atoms with E-state index in [1.807, 2.05) is 0 Å². The average molecular weight is 349 g/mol. The molecular formula is C13H23N3O4S2. The van der Waals surface area contributed by atoms with Gasteiger partial charge in [0.05, 0.1) is 12.1 Å². The molecule has 22 heavy (non-hydrogen) atoms. The molecule has 0 spiro atoms. The van der Waals surface area contributed by atoms with Gasteiger partial charge in [-0.3, -0.25) is 9.59 Å². The van der Waals surface area contributed by atoms with Gasteiger partial charge >= 0.3 is 0 Å². The molecule has 0 bridgehead atoms. The van der Waals surface area contributed by atoms with Gasteiger partial charge in [-0.2, -0.15) is 0 Å².